The summed E-state index contributed by atoms with van der Waals surface area (Å²) in [5.74, 6) is 0. The molecule has 110 valence electrons. The van der Waals surface area contributed by atoms with Crippen LogP contribution in [0.2, 0.25) is 5.02 Å². The van der Waals surface area contributed by atoms with Crippen molar-refractivity contribution in [2.24, 2.45) is 5.14 Å². The molecule has 0 aliphatic heterocycles. The molecule has 0 fully saturated rings. The molecule has 0 saturated heterocycles. The molecule has 0 radical (unpaired) electrons. The number of nitrogens with one attached hydrogen (secondary N) is 2. The number of benzene rings is 2. The highest BCUT2D eigenvalue weighted by Gasteiger charge is 2.12. The van der Waals surface area contributed by atoms with Gasteiger partial charge in [-0.3, -0.25) is 0 Å². The van der Waals surface area contributed by atoms with E-state index in [2.05, 4.69) is 10.6 Å². The third-order valence-electron chi connectivity index (χ3n) is 2.55. The molecule has 2 amide bonds. The lowest BCUT2D eigenvalue weighted by Gasteiger charge is -2.10. The third kappa shape index (κ3) is 4.19. The van der Waals surface area contributed by atoms with Gasteiger partial charge in [0.25, 0.3) is 0 Å². The molecule has 0 aliphatic rings. The number of nitrogens with two attached hydrogens (primary N) is 1. The van der Waals surface area contributed by atoms with Gasteiger partial charge in [-0.05, 0) is 30.3 Å². The molecule has 2 aromatic rings. The van der Waals surface area contributed by atoms with Crippen LogP contribution in [-0.2, 0) is 10.0 Å². The topological polar surface area (TPSA) is 101 Å². The largest absolute Gasteiger partial charge is 0.323 e. The van der Waals surface area contributed by atoms with Crippen molar-refractivity contribution in [1.29, 1.82) is 0 Å². The molecular formula is C13H12ClN3O3S. The minimum absolute atomic E-state index is 0.137. The third-order valence-corrected chi connectivity index (χ3v) is 3.79. The zero-order valence-corrected chi connectivity index (χ0v) is 12.3. The number of para-hydroxylation sites is 1. The number of anilines is 2. The molecule has 0 aliphatic carbocycles. The highest BCUT2D eigenvalue weighted by molar-refractivity contribution is 7.89. The van der Waals surface area contributed by atoms with Crippen molar-refractivity contribution in [3.05, 3.63) is 53.6 Å². The van der Waals surface area contributed by atoms with Crippen molar-refractivity contribution in [2.75, 3.05) is 10.6 Å². The normalized spacial score (nSPS) is 11.0. The minimum Gasteiger partial charge on any atom is -0.308 e. The van der Waals surface area contributed by atoms with Crippen LogP contribution in [-0.4, -0.2) is 14.4 Å². The Morgan fingerprint density at radius 2 is 1.71 bits per heavy atom. The van der Waals surface area contributed by atoms with Gasteiger partial charge in [0.2, 0.25) is 10.0 Å². The van der Waals surface area contributed by atoms with Gasteiger partial charge in [-0.1, -0.05) is 29.8 Å². The second-order valence-corrected chi connectivity index (χ2v) is 6.10. The lowest BCUT2D eigenvalue weighted by Crippen LogP contribution is -2.20. The number of amides is 2. The van der Waals surface area contributed by atoms with Crippen molar-refractivity contribution in [3.8, 4) is 0 Å². The van der Waals surface area contributed by atoms with Gasteiger partial charge in [-0.2, -0.15) is 0 Å². The Labute approximate surface area is 127 Å². The lowest BCUT2D eigenvalue weighted by atomic mass is 10.3. The quantitative estimate of drug-likeness (QED) is 0.808. The molecule has 0 spiro atoms. The first kappa shape index (κ1) is 15.3. The number of rotatable bonds is 3. The van der Waals surface area contributed by atoms with Crippen LogP contribution < -0.4 is 15.8 Å². The summed E-state index contributed by atoms with van der Waals surface area (Å²) < 4.78 is 22.6. The standard InChI is InChI=1S/C13H12ClN3O3S/c14-11-7-6-10(21(15,19)20)8-12(11)17-13(18)16-9-4-2-1-3-5-9/h1-8H,(H2,15,19,20)(H2,16,17,18). The highest BCUT2D eigenvalue weighted by atomic mass is 35.5. The van der Waals surface area contributed by atoms with E-state index in [9.17, 15) is 13.2 Å². The maximum Gasteiger partial charge on any atom is 0.323 e. The summed E-state index contributed by atoms with van der Waals surface area (Å²) in [6.45, 7) is 0. The summed E-state index contributed by atoms with van der Waals surface area (Å²) in [6.07, 6.45) is 0. The molecule has 2 aromatic carbocycles. The number of primary sulfonamides is 1. The molecule has 6 nitrogen and oxygen atoms in total. The van der Waals surface area contributed by atoms with E-state index in [0.717, 1.165) is 0 Å². The second-order valence-electron chi connectivity index (χ2n) is 4.13. The predicted molar refractivity (Wildman–Crippen MR) is 81.9 cm³/mol. The zero-order chi connectivity index (χ0) is 15.5. The Kier molecular flexibility index (Phi) is 4.46. The fourth-order valence-electron chi connectivity index (χ4n) is 1.58. The van der Waals surface area contributed by atoms with E-state index in [1.165, 1.54) is 18.2 Å². The van der Waals surface area contributed by atoms with Crippen LogP contribution >= 0.6 is 11.6 Å². The first-order valence-electron chi connectivity index (χ1n) is 5.81. The Balaban J connectivity index is 2.17. The van der Waals surface area contributed by atoms with Gasteiger partial charge in [0.15, 0.2) is 0 Å². The molecule has 0 heterocycles. The molecule has 4 N–H and O–H groups in total. The van der Waals surface area contributed by atoms with Gasteiger partial charge in [0.1, 0.15) is 0 Å². The lowest BCUT2D eigenvalue weighted by molar-refractivity contribution is 0.262. The summed E-state index contributed by atoms with van der Waals surface area (Å²) in [7, 11) is -3.87. The minimum atomic E-state index is -3.87. The first-order valence-corrected chi connectivity index (χ1v) is 7.74. The molecule has 0 atom stereocenters. The van der Waals surface area contributed by atoms with Gasteiger partial charge < -0.3 is 10.6 Å². The summed E-state index contributed by atoms with van der Waals surface area (Å²) in [5, 5.41) is 10.3. The van der Waals surface area contributed by atoms with E-state index in [1.54, 1.807) is 24.3 Å². The number of hydrogen-bond acceptors (Lipinski definition) is 3. The van der Waals surface area contributed by atoms with E-state index >= 15 is 0 Å². The Morgan fingerprint density at radius 1 is 1.05 bits per heavy atom. The average Bonchev–Trinajstić information content (AvgIpc) is 2.41. The number of halogens is 1. The Bertz CT molecular complexity index is 763. The SMILES string of the molecule is NS(=O)(=O)c1ccc(Cl)c(NC(=O)Nc2ccccc2)c1. The smallest absolute Gasteiger partial charge is 0.308 e. The van der Waals surface area contributed by atoms with Crippen molar-refractivity contribution >= 4 is 39.0 Å². The summed E-state index contributed by atoms with van der Waals surface area (Å²) in [6, 6.07) is 12.0. The number of hydrogen-bond donors (Lipinski definition) is 3. The number of sulfonamides is 1. The fourth-order valence-corrected chi connectivity index (χ4v) is 2.29. The molecular weight excluding hydrogens is 314 g/mol. The monoisotopic (exact) mass is 325 g/mol. The fraction of sp³-hybridized carbons (Fsp3) is 0. The molecule has 0 saturated carbocycles. The van der Waals surface area contributed by atoms with Crippen molar-refractivity contribution < 1.29 is 13.2 Å². The summed E-state index contributed by atoms with van der Waals surface area (Å²) >= 11 is 5.92. The van der Waals surface area contributed by atoms with Crippen molar-refractivity contribution in [1.82, 2.24) is 0 Å². The maximum atomic E-state index is 11.8. The van der Waals surface area contributed by atoms with Gasteiger partial charge >= 0.3 is 6.03 Å². The van der Waals surface area contributed by atoms with Crippen LogP contribution in [0.1, 0.15) is 0 Å². The zero-order valence-electron chi connectivity index (χ0n) is 10.7. The van der Waals surface area contributed by atoms with Crippen LogP contribution in [0.5, 0.6) is 0 Å². The second kappa shape index (κ2) is 6.13. The van der Waals surface area contributed by atoms with E-state index < -0.39 is 16.1 Å². The van der Waals surface area contributed by atoms with Gasteiger partial charge in [-0.25, -0.2) is 18.4 Å². The first-order chi connectivity index (χ1) is 9.86. The molecule has 21 heavy (non-hydrogen) atoms. The van der Waals surface area contributed by atoms with Crippen molar-refractivity contribution in [2.45, 2.75) is 4.90 Å². The van der Waals surface area contributed by atoms with Crippen LogP contribution in [0.25, 0.3) is 0 Å². The number of carbonyl (C=O) groups excluding carboxylic acids is 1. The van der Waals surface area contributed by atoms with Gasteiger partial charge in [0, 0.05) is 5.69 Å². The molecule has 2 rings (SSSR count). The maximum absolute atomic E-state index is 11.8. The van der Waals surface area contributed by atoms with E-state index in [1.807, 2.05) is 6.07 Å². The Morgan fingerprint density at radius 3 is 2.33 bits per heavy atom. The average molecular weight is 326 g/mol. The van der Waals surface area contributed by atoms with Crippen LogP contribution in [0.4, 0.5) is 16.2 Å². The number of carbonyl (C=O) groups is 1. The molecule has 8 heteroatoms. The summed E-state index contributed by atoms with van der Waals surface area (Å²) in [4.78, 5) is 11.7. The van der Waals surface area contributed by atoms with Crippen LogP contribution in [0.3, 0.4) is 0 Å². The van der Waals surface area contributed by atoms with Crippen molar-refractivity contribution in [3.63, 3.8) is 0 Å². The van der Waals surface area contributed by atoms with E-state index in [-0.39, 0.29) is 15.6 Å². The van der Waals surface area contributed by atoms with Gasteiger partial charge in [-0.15, -0.1) is 0 Å². The molecule has 0 aromatic heterocycles. The number of urea groups is 1. The summed E-state index contributed by atoms with van der Waals surface area (Å²) in [5.41, 5.74) is 0.741. The molecule has 0 unspecified atom stereocenters. The Hall–Kier alpha value is -2.09. The van der Waals surface area contributed by atoms with E-state index in [0.29, 0.717) is 5.69 Å². The van der Waals surface area contributed by atoms with Gasteiger partial charge in [0.05, 0.1) is 15.6 Å². The van der Waals surface area contributed by atoms with Crippen LogP contribution in [0.15, 0.2) is 53.4 Å². The highest BCUT2D eigenvalue weighted by Crippen LogP contribution is 2.25. The van der Waals surface area contributed by atoms with Crippen LogP contribution in [0, 0.1) is 0 Å². The predicted octanol–water partition coefficient (Wildman–Crippen LogP) is 2.63. The molecule has 0 bridgehead atoms. The van der Waals surface area contributed by atoms with E-state index in [4.69, 9.17) is 16.7 Å².